The quantitative estimate of drug-likeness (QED) is 0.535. The molecule has 10 nitrogen and oxygen atoms in total. The molecule has 0 unspecified atom stereocenters. The standard InChI is InChI=1S/C25H33N3O7S2/c1-18-10-14-28(15-11-18)36(30,31)19-6-8-23(34-2)21(16-19)25(29)26-22-17-20(7-9-24(22)35-3)37(32,33)27-12-4-5-13-27/h6-9,16-18H,4-5,10-15H2,1-3H3,(H,26,29). The van der Waals surface area contributed by atoms with Crippen LogP contribution >= 0.6 is 0 Å². The summed E-state index contributed by atoms with van der Waals surface area (Å²) in [6.07, 6.45) is 3.15. The second kappa shape index (κ2) is 11.0. The fourth-order valence-corrected chi connectivity index (χ4v) is 7.65. The molecule has 2 heterocycles. The van der Waals surface area contributed by atoms with E-state index in [2.05, 4.69) is 12.2 Å². The molecule has 2 aliphatic rings. The van der Waals surface area contributed by atoms with Crippen LogP contribution in [0.4, 0.5) is 5.69 Å². The Labute approximate surface area is 218 Å². The van der Waals surface area contributed by atoms with Gasteiger partial charge in [0.05, 0.1) is 35.3 Å². The SMILES string of the molecule is COc1ccc(S(=O)(=O)N2CCCC2)cc1NC(=O)c1cc(S(=O)(=O)N2CCC(C)CC2)ccc1OC. The van der Waals surface area contributed by atoms with Gasteiger partial charge >= 0.3 is 0 Å². The average molecular weight is 552 g/mol. The van der Waals surface area contributed by atoms with Crippen molar-refractivity contribution in [3.63, 3.8) is 0 Å². The van der Waals surface area contributed by atoms with E-state index in [0.29, 0.717) is 32.1 Å². The Bertz CT molecular complexity index is 1360. The lowest BCUT2D eigenvalue weighted by Crippen LogP contribution is -2.37. The van der Waals surface area contributed by atoms with Gasteiger partial charge in [-0.2, -0.15) is 8.61 Å². The van der Waals surface area contributed by atoms with Crippen LogP contribution in [0.5, 0.6) is 11.5 Å². The number of rotatable bonds is 8. The van der Waals surface area contributed by atoms with Crippen LogP contribution in [0, 0.1) is 5.92 Å². The molecule has 0 atom stereocenters. The Hall–Kier alpha value is -2.67. The summed E-state index contributed by atoms with van der Waals surface area (Å²) in [5.74, 6) is 0.251. The van der Waals surface area contributed by atoms with Gasteiger partial charge in [-0.1, -0.05) is 6.92 Å². The number of carbonyl (C=O) groups excluding carboxylic acids is 1. The Kier molecular flexibility index (Phi) is 8.12. The first-order valence-corrected chi connectivity index (χ1v) is 15.1. The van der Waals surface area contributed by atoms with Crippen molar-refractivity contribution in [2.24, 2.45) is 5.92 Å². The van der Waals surface area contributed by atoms with E-state index in [1.807, 2.05) is 0 Å². The van der Waals surface area contributed by atoms with Crippen molar-refractivity contribution < 1.29 is 31.1 Å². The number of carbonyl (C=O) groups is 1. The third-order valence-corrected chi connectivity index (χ3v) is 10.7. The maximum absolute atomic E-state index is 13.4. The Morgan fingerprint density at radius 1 is 0.811 bits per heavy atom. The third kappa shape index (κ3) is 5.62. The van der Waals surface area contributed by atoms with Gasteiger partial charge in [0.2, 0.25) is 20.0 Å². The van der Waals surface area contributed by atoms with Crippen molar-refractivity contribution in [1.29, 1.82) is 0 Å². The van der Waals surface area contributed by atoms with E-state index >= 15 is 0 Å². The number of hydrogen-bond donors (Lipinski definition) is 1. The van der Waals surface area contributed by atoms with E-state index in [0.717, 1.165) is 25.7 Å². The number of piperidine rings is 1. The predicted octanol–water partition coefficient (Wildman–Crippen LogP) is 3.16. The van der Waals surface area contributed by atoms with Crippen LogP contribution in [0.2, 0.25) is 0 Å². The highest BCUT2D eigenvalue weighted by Crippen LogP contribution is 2.32. The highest BCUT2D eigenvalue weighted by atomic mass is 32.2. The summed E-state index contributed by atoms with van der Waals surface area (Å²) in [4.78, 5) is 13.4. The number of amides is 1. The second-order valence-electron chi connectivity index (χ2n) is 9.38. The largest absolute Gasteiger partial charge is 0.496 e. The number of sulfonamides is 2. The van der Waals surface area contributed by atoms with Crippen molar-refractivity contribution in [2.45, 2.75) is 42.4 Å². The van der Waals surface area contributed by atoms with Crippen molar-refractivity contribution in [3.05, 3.63) is 42.0 Å². The summed E-state index contributed by atoms with van der Waals surface area (Å²) >= 11 is 0. The smallest absolute Gasteiger partial charge is 0.259 e. The molecular weight excluding hydrogens is 518 g/mol. The summed E-state index contributed by atoms with van der Waals surface area (Å²) in [6.45, 7) is 3.84. The molecule has 4 rings (SSSR count). The number of benzene rings is 2. The summed E-state index contributed by atoms with van der Waals surface area (Å²) < 4.78 is 66.2. The normalized spacial score (nSPS) is 18.0. The number of hydrogen-bond acceptors (Lipinski definition) is 7. The molecule has 0 bridgehead atoms. The molecule has 1 amide bonds. The Balaban J connectivity index is 1.65. The van der Waals surface area contributed by atoms with Crippen molar-refractivity contribution in [1.82, 2.24) is 8.61 Å². The minimum absolute atomic E-state index is 0.00353. The highest BCUT2D eigenvalue weighted by Gasteiger charge is 2.31. The highest BCUT2D eigenvalue weighted by molar-refractivity contribution is 7.89. The lowest BCUT2D eigenvalue weighted by molar-refractivity contribution is 0.102. The first-order chi connectivity index (χ1) is 17.6. The first-order valence-electron chi connectivity index (χ1n) is 12.3. The molecule has 2 saturated heterocycles. The lowest BCUT2D eigenvalue weighted by Gasteiger charge is -2.29. The fourth-order valence-electron chi connectivity index (χ4n) is 4.61. The minimum atomic E-state index is -3.80. The topological polar surface area (TPSA) is 122 Å². The molecule has 2 aromatic carbocycles. The van der Waals surface area contributed by atoms with Gasteiger partial charge in [0, 0.05) is 26.2 Å². The molecule has 0 aromatic heterocycles. The van der Waals surface area contributed by atoms with Gasteiger partial charge in [0.25, 0.3) is 5.91 Å². The zero-order valence-electron chi connectivity index (χ0n) is 21.3. The van der Waals surface area contributed by atoms with Gasteiger partial charge in [-0.3, -0.25) is 4.79 Å². The molecule has 0 saturated carbocycles. The summed E-state index contributed by atoms with van der Waals surface area (Å²) in [6, 6.07) is 8.43. The lowest BCUT2D eigenvalue weighted by atomic mass is 10.0. The maximum atomic E-state index is 13.4. The van der Waals surface area contributed by atoms with Crippen molar-refractivity contribution in [3.8, 4) is 11.5 Å². The molecular formula is C25H33N3O7S2. The minimum Gasteiger partial charge on any atom is -0.496 e. The van der Waals surface area contributed by atoms with Crippen LogP contribution in [-0.2, 0) is 20.0 Å². The van der Waals surface area contributed by atoms with Gasteiger partial charge < -0.3 is 14.8 Å². The molecule has 37 heavy (non-hydrogen) atoms. The number of nitrogens with one attached hydrogen (secondary N) is 1. The summed E-state index contributed by atoms with van der Waals surface area (Å²) in [5.41, 5.74) is 0.150. The predicted molar refractivity (Wildman–Crippen MR) is 139 cm³/mol. The number of methoxy groups -OCH3 is 2. The molecule has 12 heteroatoms. The van der Waals surface area contributed by atoms with Crippen LogP contribution in [0.3, 0.4) is 0 Å². The second-order valence-corrected chi connectivity index (χ2v) is 13.3. The zero-order chi connectivity index (χ0) is 26.8. The van der Waals surface area contributed by atoms with Crippen molar-refractivity contribution >= 4 is 31.6 Å². The average Bonchev–Trinajstić information content (AvgIpc) is 3.44. The molecule has 0 spiro atoms. The number of anilines is 1. The molecule has 1 N–H and O–H groups in total. The maximum Gasteiger partial charge on any atom is 0.259 e. The van der Waals surface area contributed by atoms with Crippen LogP contribution < -0.4 is 14.8 Å². The van der Waals surface area contributed by atoms with Gasteiger partial charge in [-0.15, -0.1) is 0 Å². The van der Waals surface area contributed by atoms with Gasteiger partial charge in [0.15, 0.2) is 0 Å². The molecule has 2 aromatic rings. The number of nitrogens with zero attached hydrogens (tertiary/aromatic N) is 2. The van der Waals surface area contributed by atoms with E-state index in [-0.39, 0.29) is 32.5 Å². The first kappa shape index (κ1) is 27.4. The van der Waals surface area contributed by atoms with Crippen LogP contribution in [-0.4, -0.2) is 71.8 Å². The molecule has 0 radical (unpaired) electrons. The van der Waals surface area contributed by atoms with Crippen LogP contribution in [0.25, 0.3) is 0 Å². The zero-order valence-corrected chi connectivity index (χ0v) is 22.9. The molecule has 2 fully saturated rings. The van der Waals surface area contributed by atoms with Crippen molar-refractivity contribution in [2.75, 3.05) is 45.7 Å². The van der Waals surface area contributed by atoms with E-state index in [9.17, 15) is 21.6 Å². The summed E-state index contributed by atoms with van der Waals surface area (Å²) in [7, 11) is -4.73. The van der Waals surface area contributed by atoms with Crippen LogP contribution in [0.1, 0.15) is 43.0 Å². The van der Waals surface area contributed by atoms with Gasteiger partial charge in [-0.05, 0) is 68.0 Å². The Morgan fingerprint density at radius 3 is 1.89 bits per heavy atom. The molecule has 2 aliphatic heterocycles. The van der Waals surface area contributed by atoms with Gasteiger partial charge in [0.1, 0.15) is 11.5 Å². The summed E-state index contributed by atoms with van der Waals surface area (Å²) in [5, 5.41) is 2.68. The molecule has 0 aliphatic carbocycles. The third-order valence-electron chi connectivity index (χ3n) is 6.92. The van der Waals surface area contributed by atoms with E-state index in [1.54, 1.807) is 0 Å². The van der Waals surface area contributed by atoms with Gasteiger partial charge in [-0.25, -0.2) is 16.8 Å². The molecule has 202 valence electrons. The fraction of sp³-hybridized carbons (Fsp3) is 0.480. The van der Waals surface area contributed by atoms with E-state index in [4.69, 9.17) is 9.47 Å². The van der Waals surface area contributed by atoms with Crippen LogP contribution in [0.15, 0.2) is 46.2 Å². The van der Waals surface area contributed by atoms with E-state index in [1.165, 1.54) is 59.2 Å². The Morgan fingerprint density at radius 2 is 1.32 bits per heavy atom. The monoisotopic (exact) mass is 551 g/mol. The number of ether oxygens (including phenoxy) is 2. The van der Waals surface area contributed by atoms with E-state index < -0.39 is 26.0 Å².